The fourth-order valence-corrected chi connectivity index (χ4v) is 5.66. The molecule has 1 aromatic heterocycles. The molecule has 1 heterocycles. The number of hydrogen-bond donors (Lipinski definition) is 0. The molecule has 0 saturated heterocycles. The Balaban J connectivity index is 2.83. The molecule has 0 spiro atoms. The molecule has 0 aliphatic rings. The second-order valence-electron chi connectivity index (χ2n) is 4.19. The van der Waals surface area contributed by atoms with Crippen molar-refractivity contribution in [3.05, 3.63) is 20.8 Å². The van der Waals surface area contributed by atoms with E-state index in [1.165, 1.54) is 9.35 Å². The summed E-state index contributed by atoms with van der Waals surface area (Å²) in [6.07, 6.45) is 1.14. The van der Waals surface area contributed by atoms with Crippen LogP contribution in [0.15, 0.2) is 15.9 Å². The lowest BCUT2D eigenvalue weighted by atomic mass is 9.78. The summed E-state index contributed by atoms with van der Waals surface area (Å²) in [5.74, 6) is 0.664. The summed E-state index contributed by atoms with van der Waals surface area (Å²) in [7, 11) is 0. The van der Waals surface area contributed by atoms with Crippen molar-refractivity contribution >= 4 is 59.1 Å². The molecular weight excluding hydrogens is 404 g/mol. The summed E-state index contributed by atoms with van der Waals surface area (Å²) < 4.78 is 1.20. The minimum atomic E-state index is 0.324. The van der Waals surface area contributed by atoms with Crippen LogP contribution in [0.3, 0.4) is 0 Å². The van der Waals surface area contributed by atoms with E-state index in [0.717, 1.165) is 17.1 Å². The van der Waals surface area contributed by atoms with Crippen molar-refractivity contribution in [2.45, 2.75) is 20.3 Å². The number of hydrogen-bond acceptors (Lipinski definition) is 1. The van der Waals surface area contributed by atoms with E-state index in [2.05, 4.69) is 73.1 Å². The lowest BCUT2D eigenvalue weighted by Crippen LogP contribution is -2.33. The van der Waals surface area contributed by atoms with Crippen molar-refractivity contribution in [3.63, 3.8) is 0 Å². The van der Waals surface area contributed by atoms with Crippen molar-refractivity contribution in [2.75, 3.05) is 10.7 Å². The SMILES string of the molecule is CC(C)C(CBr)(CBr)Cc1cc(Br)cs1. The standard InChI is InChI=1S/C11H15Br3S/c1-8(2)11(6-12,7-13)4-10-3-9(14)5-15-10/h3,5,8H,4,6-7H2,1-2H3. The quantitative estimate of drug-likeness (QED) is 0.555. The molecule has 0 aromatic carbocycles. The van der Waals surface area contributed by atoms with Crippen LogP contribution < -0.4 is 0 Å². The molecule has 0 radical (unpaired) electrons. The van der Waals surface area contributed by atoms with Gasteiger partial charge in [0.1, 0.15) is 0 Å². The van der Waals surface area contributed by atoms with Gasteiger partial charge in [0, 0.05) is 25.4 Å². The molecule has 4 heteroatoms. The zero-order valence-corrected chi connectivity index (χ0v) is 14.5. The first-order valence-corrected chi connectivity index (χ1v) is 8.80. The Labute approximate surface area is 121 Å². The van der Waals surface area contributed by atoms with Crippen LogP contribution >= 0.6 is 59.1 Å². The van der Waals surface area contributed by atoms with Crippen LogP contribution in [0, 0.1) is 11.3 Å². The van der Waals surface area contributed by atoms with E-state index in [0.29, 0.717) is 11.3 Å². The van der Waals surface area contributed by atoms with E-state index in [-0.39, 0.29) is 0 Å². The van der Waals surface area contributed by atoms with Gasteiger partial charge in [-0.05, 0) is 39.8 Å². The zero-order valence-electron chi connectivity index (χ0n) is 8.90. The summed E-state index contributed by atoms with van der Waals surface area (Å²) in [4.78, 5) is 1.45. The van der Waals surface area contributed by atoms with Crippen molar-refractivity contribution in [1.29, 1.82) is 0 Å². The summed E-state index contributed by atoms with van der Waals surface area (Å²) in [6, 6.07) is 2.23. The molecule has 0 aliphatic carbocycles. The lowest BCUT2D eigenvalue weighted by molar-refractivity contribution is 0.269. The maximum absolute atomic E-state index is 3.66. The highest BCUT2D eigenvalue weighted by Gasteiger charge is 2.32. The number of rotatable bonds is 5. The fraction of sp³-hybridized carbons (Fsp3) is 0.636. The summed E-state index contributed by atoms with van der Waals surface area (Å²) >= 11 is 12.7. The minimum absolute atomic E-state index is 0.324. The van der Waals surface area contributed by atoms with Crippen LogP contribution in [-0.4, -0.2) is 10.7 Å². The Kier molecular flexibility index (Phi) is 5.85. The van der Waals surface area contributed by atoms with Gasteiger partial charge in [0.05, 0.1) is 0 Å². The van der Waals surface area contributed by atoms with E-state index < -0.39 is 0 Å². The van der Waals surface area contributed by atoms with Crippen LogP contribution in [0.1, 0.15) is 18.7 Å². The van der Waals surface area contributed by atoms with Crippen molar-refractivity contribution < 1.29 is 0 Å². The summed E-state index contributed by atoms with van der Waals surface area (Å²) in [5, 5.41) is 4.24. The molecule has 0 bridgehead atoms. The smallest absolute Gasteiger partial charge is 0.0285 e. The topological polar surface area (TPSA) is 0 Å². The zero-order chi connectivity index (χ0) is 11.5. The van der Waals surface area contributed by atoms with Gasteiger partial charge < -0.3 is 0 Å². The predicted molar refractivity (Wildman–Crippen MR) is 80.6 cm³/mol. The molecular formula is C11H15Br3S. The summed E-state index contributed by atoms with van der Waals surface area (Å²) in [6.45, 7) is 4.59. The average molecular weight is 419 g/mol. The van der Waals surface area contributed by atoms with Gasteiger partial charge in [0.15, 0.2) is 0 Å². The highest BCUT2D eigenvalue weighted by atomic mass is 79.9. The molecule has 0 N–H and O–H groups in total. The Morgan fingerprint density at radius 1 is 1.33 bits per heavy atom. The van der Waals surface area contributed by atoms with Crippen LogP contribution in [-0.2, 0) is 6.42 Å². The van der Waals surface area contributed by atoms with E-state index in [9.17, 15) is 0 Å². The lowest BCUT2D eigenvalue weighted by Gasteiger charge is -2.34. The first-order valence-electron chi connectivity index (χ1n) is 4.89. The highest BCUT2D eigenvalue weighted by Crippen LogP contribution is 2.37. The van der Waals surface area contributed by atoms with Gasteiger partial charge in [-0.15, -0.1) is 11.3 Å². The monoisotopic (exact) mass is 416 g/mol. The van der Waals surface area contributed by atoms with Crippen LogP contribution in [0.2, 0.25) is 0 Å². The molecule has 1 rings (SSSR count). The van der Waals surface area contributed by atoms with Crippen LogP contribution in [0.25, 0.3) is 0 Å². The normalized spacial score (nSPS) is 12.4. The molecule has 0 atom stereocenters. The Morgan fingerprint density at radius 2 is 1.93 bits per heavy atom. The number of thiophene rings is 1. The Morgan fingerprint density at radius 3 is 2.27 bits per heavy atom. The number of halogens is 3. The largest absolute Gasteiger partial charge is 0.148 e. The van der Waals surface area contributed by atoms with Gasteiger partial charge in [-0.25, -0.2) is 0 Å². The van der Waals surface area contributed by atoms with Crippen molar-refractivity contribution in [3.8, 4) is 0 Å². The number of alkyl halides is 2. The molecule has 0 saturated carbocycles. The molecule has 1 aromatic rings. The van der Waals surface area contributed by atoms with Gasteiger partial charge in [-0.2, -0.15) is 0 Å². The van der Waals surface area contributed by atoms with Gasteiger partial charge in [0.2, 0.25) is 0 Å². The second kappa shape index (κ2) is 6.18. The van der Waals surface area contributed by atoms with Crippen LogP contribution in [0.4, 0.5) is 0 Å². The highest BCUT2D eigenvalue weighted by molar-refractivity contribution is 9.10. The summed E-state index contributed by atoms with van der Waals surface area (Å²) in [5.41, 5.74) is 0.324. The predicted octanol–water partition coefficient (Wildman–Crippen LogP) is 5.49. The fourth-order valence-electron chi connectivity index (χ4n) is 1.44. The van der Waals surface area contributed by atoms with Crippen molar-refractivity contribution in [2.24, 2.45) is 11.3 Å². The Bertz CT molecular complexity index is 303. The molecule has 0 amide bonds. The van der Waals surface area contributed by atoms with Crippen LogP contribution in [0.5, 0.6) is 0 Å². The molecule has 0 unspecified atom stereocenters. The third kappa shape index (κ3) is 3.55. The molecule has 86 valence electrons. The maximum Gasteiger partial charge on any atom is 0.0285 e. The van der Waals surface area contributed by atoms with E-state index in [1.807, 2.05) is 11.3 Å². The van der Waals surface area contributed by atoms with Gasteiger partial charge in [0.25, 0.3) is 0 Å². The molecule has 15 heavy (non-hydrogen) atoms. The van der Waals surface area contributed by atoms with Gasteiger partial charge in [-0.1, -0.05) is 45.7 Å². The molecule has 0 fully saturated rings. The Hall–Kier alpha value is 1.14. The first-order chi connectivity index (χ1) is 7.04. The molecule has 0 aliphatic heterocycles. The third-order valence-electron chi connectivity index (χ3n) is 2.91. The molecule has 0 nitrogen and oxygen atoms in total. The maximum atomic E-state index is 3.66. The minimum Gasteiger partial charge on any atom is -0.148 e. The van der Waals surface area contributed by atoms with E-state index in [4.69, 9.17) is 0 Å². The van der Waals surface area contributed by atoms with Gasteiger partial charge in [-0.3, -0.25) is 0 Å². The van der Waals surface area contributed by atoms with E-state index >= 15 is 0 Å². The van der Waals surface area contributed by atoms with Crippen molar-refractivity contribution in [1.82, 2.24) is 0 Å². The van der Waals surface area contributed by atoms with E-state index in [1.54, 1.807) is 0 Å². The van der Waals surface area contributed by atoms with Gasteiger partial charge >= 0.3 is 0 Å². The second-order valence-corrected chi connectivity index (χ2v) is 7.23. The average Bonchev–Trinajstić information content (AvgIpc) is 2.60. The third-order valence-corrected chi connectivity index (χ3v) is 6.84. The first kappa shape index (κ1) is 14.2.